The average molecular weight is 152 g/mol. The molecule has 3 heteroatoms. The molecule has 0 saturated heterocycles. The van der Waals surface area contributed by atoms with Gasteiger partial charge in [-0.15, -0.1) is 0 Å². The molecule has 60 valence electrons. The molecule has 1 aromatic heterocycles. The zero-order chi connectivity index (χ0) is 8.27. The monoisotopic (exact) mass is 152 g/mol. The summed E-state index contributed by atoms with van der Waals surface area (Å²) in [6.45, 7) is 2.06. The Bertz CT molecular complexity index is 248. The summed E-state index contributed by atoms with van der Waals surface area (Å²) in [6, 6.07) is 1.71. The summed E-state index contributed by atoms with van der Waals surface area (Å²) >= 11 is 0. The second-order valence-corrected chi connectivity index (χ2v) is 2.39. The molecule has 11 heavy (non-hydrogen) atoms. The van der Waals surface area contributed by atoms with Crippen molar-refractivity contribution < 1.29 is 5.11 Å². The van der Waals surface area contributed by atoms with Crippen molar-refractivity contribution in [1.29, 1.82) is 0 Å². The second kappa shape index (κ2) is 3.34. The van der Waals surface area contributed by atoms with Gasteiger partial charge in [0.2, 0.25) is 0 Å². The van der Waals surface area contributed by atoms with Crippen molar-refractivity contribution in [2.24, 2.45) is 0 Å². The van der Waals surface area contributed by atoms with Crippen LogP contribution in [0.25, 0.3) is 0 Å². The van der Waals surface area contributed by atoms with E-state index in [9.17, 15) is 0 Å². The Hall–Kier alpha value is -1.09. The fourth-order valence-electron chi connectivity index (χ4n) is 1.01. The summed E-state index contributed by atoms with van der Waals surface area (Å²) in [6.07, 6.45) is 2.59. The first-order valence-electron chi connectivity index (χ1n) is 3.62. The van der Waals surface area contributed by atoms with Crippen LogP contribution in [0.5, 0.6) is 0 Å². The molecule has 1 aromatic rings. The van der Waals surface area contributed by atoms with Gasteiger partial charge >= 0.3 is 0 Å². The van der Waals surface area contributed by atoms with Crippen LogP contribution in [0.2, 0.25) is 0 Å². The van der Waals surface area contributed by atoms with Gasteiger partial charge in [0.05, 0.1) is 6.61 Å². The molecule has 0 aliphatic heterocycles. The van der Waals surface area contributed by atoms with Gasteiger partial charge in [-0.3, -0.25) is 0 Å². The predicted octanol–water partition coefficient (Wildman–Crippen LogP) is 0.719. The summed E-state index contributed by atoms with van der Waals surface area (Å²) in [4.78, 5) is 3.93. The molecule has 0 bridgehead atoms. The summed E-state index contributed by atoms with van der Waals surface area (Å²) in [5.74, 6) is 0.464. The lowest BCUT2D eigenvalue weighted by Crippen LogP contribution is -1.97. The Morgan fingerprint density at radius 1 is 1.55 bits per heavy atom. The maximum atomic E-state index is 8.89. The van der Waals surface area contributed by atoms with E-state index in [-0.39, 0.29) is 6.61 Å². The lowest BCUT2D eigenvalue weighted by Gasteiger charge is -2.03. The van der Waals surface area contributed by atoms with Crippen LogP contribution in [0.1, 0.15) is 18.1 Å². The molecular weight excluding hydrogens is 140 g/mol. The number of hydrogen-bond acceptors (Lipinski definition) is 3. The second-order valence-electron chi connectivity index (χ2n) is 2.39. The van der Waals surface area contributed by atoms with Crippen molar-refractivity contribution in [2.75, 3.05) is 5.73 Å². The first-order chi connectivity index (χ1) is 5.27. The number of aryl methyl sites for hydroxylation is 1. The van der Waals surface area contributed by atoms with E-state index < -0.39 is 0 Å². The summed E-state index contributed by atoms with van der Waals surface area (Å²) < 4.78 is 0. The number of aromatic nitrogens is 1. The van der Waals surface area contributed by atoms with Crippen LogP contribution < -0.4 is 5.73 Å². The number of hydrogen-bond donors (Lipinski definition) is 2. The zero-order valence-corrected chi connectivity index (χ0v) is 6.54. The molecule has 0 radical (unpaired) electrons. The van der Waals surface area contributed by atoms with E-state index in [1.54, 1.807) is 12.3 Å². The molecule has 3 N–H and O–H groups in total. The largest absolute Gasteiger partial charge is 0.392 e. The molecule has 0 aliphatic rings. The summed E-state index contributed by atoms with van der Waals surface area (Å²) in [7, 11) is 0. The van der Waals surface area contributed by atoms with Gasteiger partial charge in [0.25, 0.3) is 0 Å². The number of pyridine rings is 1. The Balaban J connectivity index is 3.06. The van der Waals surface area contributed by atoms with E-state index in [2.05, 4.69) is 4.98 Å². The van der Waals surface area contributed by atoms with E-state index >= 15 is 0 Å². The van der Waals surface area contributed by atoms with Gasteiger partial charge < -0.3 is 10.8 Å². The van der Waals surface area contributed by atoms with Crippen LogP contribution in [0.4, 0.5) is 5.82 Å². The number of nitrogens with zero attached hydrogens (tertiary/aromatic N) is 1. The normalized spacial score (nSPS) is 10.0. The third-order valence-corrected chi connectivity index (χ3v) is 1.66. The zero-order valence-electron chi connectivity index (χ0n) is 6.54. The molecule has 0 unspecified atom stereocenters. The molecule has 0 aliphatic carbocycles. The molecule has 3 nitrogen and oxygen atoms in total. The fourth-order valence-corrected chi connectivity index (χ4v) is 1.01. The maximum Gasteiger partial charge on any atom is 0.123 e. The van der Waals surface area contributed by atoms with Gasteiger partial charge in [0.15, 0.2) is 0 Å². The Morgan fingerprint density at radius 2 is 2.27 bits per heavy atom. The maximum absolute atomic E-state index is 8.89. The van der Waals surface area contributed by atoms with E-state index in [1.165, 1.54) is 0 Å². The summed E-state index contributed by atoms with van der Waals surface area (Å²) in [5, 5.41) is 8.89. The molecule has 0 spiro atoms. The third kappa shape index (κ3) is 1.68. The lowest BCUT2D eigenvalue weighted by atomic mass is 10.1. The van der Waals surface area contributed by atoms with E-state index in [4.69, 9.17) is 10.8 Å². The smallest absolute Gasteiger partial charge is 0.123 e. The highest BCUT2D eigenvalue weighted by Gasteiger charge is 1.99. The standard InChI is InChI=1S/C8H12N2O/c1-2-6-4-10-8(9)3-7(6)5-11/h3-4,11H,2,5H2,1H3,(H2,9,10). The highest BCUT2D eigenvalue weighted by atomic mass is 16.3. The predicted molar refractivity (Wildman–Crippen MR) is 44.0 cm³/mol. The van der Waals surface area contributed by atoms with Gasteiger partial charge in [-0.25, -0.2) is 4.98 Å². The SMILES string of the molecule is CCc1cnc(N)cc1CO. The van der Waals surface area contributed by atoms with Crippen molar-refractivity contribution in [3.8, 4) is 0 Å². The van der Waals surface area contributed by atoms with E-state index in [1.807, 2.05) is 6.92 Å². The molecule has 0 atom stereocenters. The van der Waals surface area contributed by atoms with Crippen LogP contribution >= 0.6 is 0 Å². The van der Waals surface area contributed by atoms with Gasteiger partial charge in [-0.05, 0) is 23.6 Å². The van der Waals surface area contributed by atoms with Crippen molar-refractivity contribution in [2.45, 2.75) is 20.0 Å². The number of nitrogens with two attached hydrogens (primary N) is 1. The third-order valence-electron chi connectivity index (χ3n) is 1.66. The van der Waals surface area contributed by atoms with Crippen LogP contribution in [0.3, 0.4) is 0 Å². The minimum Gasteiger partial charge on any atom is -0.392 e. The molecular formula is C8H12N2O. The number of rotatable bonds is 2. The van der Waals surface area contributed by atoms with Gasteiger partial charge in [0, 0.05) is 6.20 Å². The Kier molecular flexibility index (Phi) is 2.44. The highest BCUT2D eigenvalue weighted by molar-refractivity contribution is 5.36. The number of nitrogen functional groups attached to an aromatic ring is 1. The average Bonchev–Trinajstić information content (AvgIpc) is 2.04. The Labute approximate surface area is 65.9 Å². The molecule has 0 aromatic carbocycles. The molecule has 1 rings (SSSR count). The van der Waals surface area contributed by atoms with Crippen LogP contribution in [-0.4, -0.2) is 10.1 Å². The van der Waals surface area contributed by atoms with Crippen molar-refractivity contribution >= 4 is 5.82 Å². The van der Waals surface area contributed by atoms with E-state index in [0.717, 1.165) is 17.5 Å². The van der Waals surface area contributed by atoms with Crippen LogP contribution in [0.15, 0.2) is 12.3 Å². The first-order valence-corrected chi connectivity index (χ1v) is 3.62. The van der Waals surface area contributed by atoms with Crippen LogP contribution in [-0.2, 0) is 13.0 Å². The quantitative estimate of drug-likeness (QED) is 0.656. The molecule has 0 amide bonds. The minimum atomic E-state index is 0.0376. The van der Waals surface area contributed by atoms with Crippen molar-refractivity contribution in [3.05, 3.63) is 23.4 Å². The van der Waals surface area contributed by atoms with Gasteiger partial charge in [-0.1, -0.05) is 6.92 Å². The number of aliphatic hydroxyl groups is 1. The van der Waals surface area contributed by atoms with Crippen molar-refractivity contribution in [1.82, 2.24) is 4.98 Å². The minimum absolute atomic E-state index is 0.0376. The molecule has 0 saturated carbocycles. The van der Waals surface area contributed by atoms with Gasteiger partial charge in [0.1, 0.15) is 5.82 Å². The topological polar surface area (TPSA) is 59.1 Å². The fraction of sp³-hybridized carbons (Fsp3) is 0.375. The first kappa shape index (κ1) is 8.01. The molecule has 0 fully saturated rings. The van der Waals surface area contributed by atoms with Crippen molar-refractivity contribution in [3.63, 3.8) is 0 Å². The lowest BCUT2D eigenvalue weighted by molar-refractivity contribution is 0.280. The number of aliphatic hydroxyl groups excluding tert-OH is 1. The Morgan fingerprint density at radius 3 is 2.82 bits per heavy atom. The number of anilines is 1. The van der Waals surface area contributed by atoms with E-state index in [0.29, 0.717) is 5.82 Å². The molecule has 1 heterocycles. The summed E-state index contributed by atoms with van der Waals surface area (Å²) in [5.41, 5.74) is 7.37. The van der Waals surface area contributed by atoms with Gasteiger partial charge in [-0.2, -0.15) is 0 Å². The highest BCUT2D eigenvalue weighted by Crippen LogP contribution is 2.10. The van der Waals surface area contributed by atoms with Crippen LogP contribution in [0, 0.1) is 0 Å².